The van der Waals surface area contributed by atoms with Crippen molar-refractivity contribution in [2.45, 2.75) is 13.3 Å². The van der Waals surface area contributed by atoms with E-state index in [9.17, 15) is 4.79 Å². The third-order valence-electron chi connectivity index (χ3n) is 2.99. The summed E-state index contributed by atoms with van der Waals surface area (Å²) >= 11 is 0. The van der Waals surface area contributed by atoms with Crippen molar-refractivity contribution in [3.8, 4) is 0 Å². The zero-order chi connectivity index (χ0) is 23.4. The first-order valence-corrected chi connectivity index (χ1v) is 9.86. The Balaban J connectivity index is 3.04. The molecule has 0 aromatic rings. The second-order valence-corrected chi connectivity index (χ2v) is 5.46. The van der Waals surface area contributed by atoms with Crippen LogP contribution in [-0.2, 0) is 52.2 Å². The van der Waals surface area contributed by atoms with E-state index >= 15 is 0 Å². The fourth-order valence-corrected chi connectivity index (χ4v) is 1.59. The minimum Gasteiger partial charge on any atom is -0.377 e. The summed E-state index contributed by atoms with van der Waals surface area (Å²) in [7, 11) is 0. The lowest BCUT2D eigenvalue weighted by Crippen LogP contribution is -2.26. The van der Waals surface area contributed by atoms with Gasteiger partial charge in [-0.15, -0.1) is 0 Å². The van der Waals surface area contributed by atoms with Crippen LogP contribution in [0.4, 0.5) is 0 Å². The van der Waals surface area contributed by atoms with Crippen molar-refractivity contribution >= 4 is 5.91 Å². The largest absolute Gasteiger partial charge is 0.377 e. The number of ether oxygens (including phenoxy) is 10. The molecule has 0 unspecified atom stereocenters. The smallest absolute Gasteiger partial charge is 0.219 e. The maximum atomic E-state index is 11.0. The molecule has 0 aliphatic rings. The molecule has 0 rings (SSSR count). The molecule has 1 N–H and O–H groups in total. The zero-order valence-corrected chi connectivity index (χ0v) is 18.4. The van der Waals surface area contributed by atoms with Gasteiger partial charge in [-0.05, 0) is 5.53 Å². The summed E-state index contributed by atoms with van der Waals surface area (Å²) in [5.74, 6) is -0.00145. The standard InChI is InChI=1S/C17H34N4O11/c1-2-17(22)19-3-5-23-7-8-25-10-27-12-29-14-31-16-32-15-30-13-28-11-26-9-24-6-4-20-21-18/h2-16H2,1H3,(H,19,22). The molecule has 32 heavy (non-hydrogen) atoms. The topological polar surface area (TPSA) is 170 Å². The molecule has 1 amide bonds. The lowest BCUT2D eigenvalue weighted by Gasteiger charge is -2.09. The van der Waals surface area contributed by atoms with Gasteiger partial charge in [-0.25, -0.2) is 0 Å². The van der Waals surface area contributed by atoms with Gasteiger partial charge in [0.05, 0.1) is 26.4 Å². The summed E-state index contributed by atoms with van der Waals surface area (Å²) in [5, 5.41) is 6.00. The van der Waals surface area contributed by atoms with Crippen molar-refractivity contribution in [1.82, 2.24) is 5.32 Å². The van der Waals surface area contributed by atoms with Crippen LogP contribution in [0.1, 0.15) is 13.3 Å². The first-order chi connectivity index (χ1) is 15.8. The predicted octanol–water partition coefficient (Wildman–Crippen LogP) is 0.649. The molecule has 0 aromatic carbocycles. The maximum absolute atomic E-state index is 11.0. The van der Waals surface area contributed by atoms with Crippen LogP contribution in [0.25, 0.3) is 10.4 Å². The van der Waals surface area contributed by atoms with E-state index in [0.717, 1.165) is 0 Å². The average Bonchev–Trinajstić information content (AvgIpc) is 2.81. The Morgan fingerprint density at radius 2 is 1.12 bits per heavy atom. The molecule has 0 spiro atoms. The van der Waals surface area contributed by atoms with Gasteiger partial charge in [-0.3, -0.25) is 4.79 Å². The van der Waals surface area contributed by atoms with Crippen molar-refractivity contribution in [3.63, 3.8) is 0 Å². The summed E-state index contributed by atoms with van der Waals surface area (Å²) in [6.07, 6.45) is 0.461. The predicted molar refractivity (Wildman–Crippen MR) is 107 cm³/mol. The molecule has 0 aromatic heterocycles. The Kier molecular flexibility index (Phi) is 26.0. The fraction of sp³-hybridized carbons (Fsp3) is 0.941. The number of azide groups is 1. The van der Waals surface area contributed by atoms with Crippen LogP contribution in [0.3, 0.4) is 0 Å². The number of nitrogens with zero attached hydrogens (tertiary/aromatic N) is 3. The van der Waals surface area contributed by atoms with E-state index in [1.165, 1.54) is 0 Å². The number of amides is 1. The second kappa shape index (κ2) is 27.4. The van der Waals surface area contributed by atoms with Crippen LogP contribution in [0, 0.1) is 0 Å². The molecule has 0 fully saturated rings. The quantitative estimate of drug-likeness (QED) is 0.0619. The molecule has 0 bridgehead atoms. The molecule has 0 radical (unpaired) electrons. The van der Waals surface area contributed by atoms with E-state index in [1.54, 1.807) is 6.92 Å². The molecule has 0 aliphatic carbocycles. The van der Waals surface area contributed by atoms with Crippen LogP contribution < -0.4 is 5.32 Å². The first kappa shape index (κ1) is 30.4. The number of hydrogen-bond acceptors (Lipinski definition) is 12. The van der Waals surface area contributed by atoms with Gasteiger partial charge in [0, 0.05) is 24.4 Å². The molecular formula is C17H34N4O11. The summed E-state index contributed by atoms with van der Waals surface area (Å²) in [4.78, 5) is 13.6. The summed E-state index contributed by atoms with van der Waals surface area (Å²) in [6, 6.07) is 0. The molecule has 0 saturated carbocycles. The van der Waals surface area contributed by atoms with Gasteiger partial charge >= 0.3 is 0 Å². The SMILES string of the molecule is CCC(=O)NCCOCCOCOCOCOCOCOCOCOCOCCN=[N+]=[N-]. The molecule has 0 atom stereocenters. The van der Waals surface area contributed by atoms with Gasteiger partial charge < -0.3 is 52.7 Å². The van der Waals surface area contributed by atoms with Gasteiger partial charge in [-0.2, -0.15) is 0 Å². The monoisotopic (exact) mass is 470 g/mol. The van der Waals surface area contributed by atoms with E-state index in [2.05, 4.69) is 15.3 Å². The van der Waals surface area contributed by atoms with Crippen LogP contribution in [0.5, 0.6) is 0 Å². The van der Waals surface area contributed by atoms with Gasteiger partial charge in [0.1, 0.15) is 13.6 Å². The number of nitrogens with one attached hydrogen (secondary N) is 1. The Labute approximate surface area is 187 Å². The minimum atomic E-state index is -0.0277. The Morgan fingerprint density at radius 1 is 0.688 bits per heavy atom. The van der Waals surface area contributed by atoms with Crippen molar-refractivity contribution < 1.29 is 52.2 Å². The van der Waals surface area contributed by atoms with Gasteiger partial charge in [-0.1, -0.05) is 12.0 Å². The van der Waals surface area contributed by atoms with Crippen molar-refractivity contribution in [2.24, 2.45) is 5.11 Å². The molecule has 15 heteroatoms. The van der Waals surface area contributed by atoms with E-state index in [0.29, 0.717) is 32.8 Å². The molecular weight excluding hydrogens is 436 g/mol. The van der Waals surface area contributed by atoms with Gasteiger partial charge in [0.2, 0.25) is 5.91 Å². The molecule has 188 valence electrons. The average molecular weight is 470 g/mol. The first-order valence-electron chi connectivity index (χ1n) is 9.86. The lowest BCUT2D eigenvalue weighted by molar-refractivity contribution is -0.226. The minimum absolute atomic E-state index is 0.00145. The molecule has 0 aliphatic heterocycles. The summed E-state index contributed by atoms with van der Waals surface area (Å²) in [6.45, 7) is 3.98. The lowest BCUT2D eigenvalue weighted by atomic mass is 10.4. The van der Waals surface area contributed by atoms with E-state index in [-0.39, 0.29) is 73.4 Å². The van der Waals surface area contributed by atoms with Crippen molar-refractivity contribution in [2.75, 3.05) is 93.9 Å². The second-order valence-electron chi connectivity index (χ2n) is 5.46. The van der Waals surface area contributed by atoms with Crippen molar-refractivity contribution in [3.05, 3.63) is 10.4 Å². The Bertz CT molecular complexity index is 456. The molecule has 0 heterocycles. The zero-order valence-electron chi connectivity index (χ0n) is 18.4. The van der Waals surface area contributed by atoms with Crippen molar-refractivity contribution in [1.29, 1.82) is 0 Å². The number of carbonyl (C=O) groups excluding carboxylic acids is 1. The maximum Gasteiger partial charge on any atom is 0.219 e. The fourth-order valence-electron chi connectivity index (χ4n) is 1.59. The molecule has 15 nitrogen and oxygen atoms in total. The van der Waals surface area contributed by atoms with Crippen LogP contribution in [0.2, 0.25) is 0 Å². The van der Waals surface area contributed by atoms with Crippen LogP contribution in [0.15, 0.2) is 5.11 Å². The van der Waals surface area contributed by atoms with Crippen LogP contribution >= 0.6 is 0 Å². The van der Waals surface area contributed by atoms with Gasteiger partial charge in [0.15, 0.2) is 40.8 Å². The third-order valence-corrected chi connectivity index (χ3v) is 2.99. The van der Waals surface area contributed by atoms with E-state index in [4.69, 9.17) is 52.9 Å². The number of carbonyl (C=O) groups is 1. The highest BCUT2D eigenvalue weighted by molar-refractivity contribution is 5.75. The summed E-state index contributed by atoms with van der Waals surface area (Å²) in [5.41, 5.74) is 8.06. The third kappa shape index (κ3) is 26.4. The Hall–Kier alpha value is -1.62. The highest BCUT2D eigenvalue weighted by Crippen LogP contribution is 1.87. The van der Waals surface area contributed by atoms with Gasteiger partial charge in [0.25, 0.3) is 0 Å². The Morgan fingerprint density at radius 3 is 1.59 bits per heavy atom. The number of rotatable bonds is 26. The van der Waals surface area contributed by atoms with E-state index in [1.807, 2.05) is 0 Å². The summed E-state index contributed by atoms with van der Waals surface area (Å²) < 4.78 is 50.6. The van der Waals surface area contributed by atoms with E-state index < -0.39 is 0 Å². The highest BCUT2D eigenvalue weighted by atomic mass is 16.8. The van der Waals surface area contributed by atoms with Crippen LogP contribution in [-0.4, -0.2) is 99.8 Å². The number of hydrogen-bond donors (Lipinski definition) is 1. The highest BCUT2D eigenvalue weighted by Gasteiger charge is 1.96. The normalized spacial score (nSPS) is 10.8. The molecule has 0 saturated heterocycles.